The van der Waals surface area contributed by atoms with Gasteiger partial charge < -0.3 is 0 Å². The van der Waals surface area contributed by atoms with Gasteiger partial charge in [0.05, 0.1) is 11.3 Å². The molecule has 0 aliphatic rings. The maximum absolute atomic E-state index is 11.4. The number of para-hydroxylation sites is 1. The summed E-state index contributed by atoms with van der Waals surface area (Å²) in [6.07, 6.45) is 2.60. The lowest BCUT2D eigenvalue weighted by atomic mass is 10.1. The van der Waals surface area contributed by atoms with Crippen LogP contribution in [0.5, 0.6) is 0 Å². The number of aromatic nitrogens is 2. The molecule has 0 unspecified atom stereocenters. The highest BCUT2D eigenvalue weighted by atomic mass is 79.9. The molecule has 3 aromatic rings. The third-order valence-electron chi connectivity index (χ3n) is 3.21. The maximum atomic E-state index is 11.4. The van der Waals surface area contributed by atoms with Crippen LogP contribution in [0.25, 0.3) is 16.9 Å². The van der Waals surface area contributed by atoms with Gasteiger partial charge in [-0.25, -0.2) is 4.68 Å². The van der Waals surface area contributed by atoms with Gasteiger partial charge in [-0.05, 0) is 42.8 Å². The van der Waals surface area contributed by atoms with Crippen LogP contribution >= 0.6 is 15.9 Å². The molecule has 0 N–H and O–H groups in total. The fraction of sp³-hybridized carbons (Fsp3) is 0.0588. The first-order chi connectivity index (χ1) is 10.2. The van der Waals surface area contributed by atoms with E-state index in [1.807, 2.05) is 55.5 Å². The number of aldehydes is 1. The number of carbonyl (C=O) groups excluding carboxylic acids is 1. The normalized spacial score (nSPS) is 10.6. The maximum Gasteiger partial charge on any atom is 0.153 e. The molecular formula is C17H13BrN2O. The molecule has 0 atom stereocenters. The number of nitrogens with zero attached hydrogens (tertiary/aromatic N) is 2. The Morgan fingerprint density at radius 2 is 1.90 bits per heavy atom. The minimum absolute atomic E-state index is 0.580. The highest BCUT2D eigenvalue weighted by Crippen LogP contribution is 2.26. The van der Waals surface area contributed by atoms with Crippen molar-refractivity contribution in [1.29, 1.82) is 0 Å². The lowest BCUT2D eigenvalue weighted by Crippen LogP contribution is -1.94. The Hall–Kier alpha value is -2.20. The van der Waals surface area contributed by atoms with Gasteiger partial charge in [-0.15, -0.1) is 0 Å². The van der Waals surface area contributed by atoms with E-state index < -0.39 is 0 Å². The summed E-state index contributed by atoms with van der Waals surface area (Å²) in [4.78, 5) is 11.4. The summed E-state index contributed by atoms with van der Waals surface area (Å²) in [6, 6.07) is 15.8. The van der Waals surface area contributed by atoms with Crippen LogP contribution in [0.15, 0.2) is 59.2 Å². The van der Waals surface area contributed by atoms with E-state index in [1.165, 1.54) is 0 Å². The summed E-state index contributed by atoms with van der Waals surface area (Å²) in [7, 11) is 0. The highest BCUT2D eigenvalue weighted by Gasteiger charge is 2.12. The summed E-state index contributed by atoms with van der Waals surface area (Å²) in [5, 5.41) is 4.57. The van der Waals surface area contributed by atoms with Crippen LogP contribution in [-0.2, 0) is 0 Å². The van der Waals surface area contributed by atoms with E-state index in [2.05, 4.69) is 21.0 Å². The lowest BCUT2D eigenvalue weighted by Gasteiger charge is -2.02. The van der Waals surface area contributed by atoms with Gasteiger partial charge in [0.2, 0.25) is 0 Å². The molecule has 3 rings (SSSR count). The van der Waals surface area contributed by atoms with E-state index in [9.17, 15) is 4.79 Å². The van der Waals surface area contributed by atoms with Crippen molar-refractivity contribution in [2.45, 2.75) is 6.92 Å². The predicted molar refractivity (Wildman–Crippen MR) is 86.8 cm³/mol. The standard InChI is InChI=1S/C17H13BrN2O/c1-12-7-13(9-15(18)8-12)17-14(11-21)10-20(19-17)16-5-3-2-4-6-16/h2-11H,1H3. The summed E-state index contributed by atoms with van der Waals surface area (Å²) < 4.78 is 2.71. The van der Waals surface area contributed by atoms with Crippen molar-refractivity contribution in [3.05, 3.63) is 70.3 Å². The molecule has 2 aromatic carbocycles. The molecule has 21 heavy (non-hydrogen) atoms. The first kappa shape index (κ1) is 13.8. The highest BCUT2D eigenvalue weighted by molar-refractivity contribution is 9.10. The third-order valence-corrected chi connectivity index (χ3v) is 3.66. The van der Waals surface area contributed by atoms with Gasteiger partial charge >= 0.3 is 0 Å². The van der Waals surface area contributed by atoms with Crippen molar-refractivity contribution < 1.29 is 4.79 Å². The van der Waals surface area contributed by atoms with E-state index in [1.54, 1.807) is 10.9 Å². The molecule has 4 heteroatoms. The lowest BCUT2D eigenvalue weighted by molar-refractivity contribution is 0.112. The zero-order chi connectivity index (χ0) is 14.8. The number of rotatable bonds is 3. The minimum Gasteiger partial charge on any atom is -0.298 e. The van der Waals surface area contributed by atoms with Crippen molar-refractivity contribution >= 4 is 22.2 Å². The molecule has 1 heterocycles. The first-order valence-electron chi connectivity index (χ1n) is 6.55. The van der Waals surface area contributed by atoms with Gasteiger partial charge in [-0.2, -0.15) is 5.10 Å². The van der Waals surface area contributed by atoms with Crippen LogP contribution in [0, 0.1) is 6.92 Å². The smallest absolute Gasteiger partial charge is 0.153 e. The van der Waals surface area contributed by atoms with Crippen molar-refractivity contribution in [2.24, 2.45) is 0 Å². The van der Waals surface area contributed by atoms with Gasteiger partial charge in [0.1, 0.15) is 5.69 Å². The van der Waals surface area contributed by atoms with Gasteiger partial charge in [-0.3, -0.25) is 4.79 Å². The zero-order valence-corrected chi connectivity index (χ0v) is 13.0. The van der Waals surface area contributed by atoms with Crippen LogP contribution < -0.4 is 0 Å². The predicted octanol–water partition coefficient (Wildman–Crippen LogP) is 4.42. The van der Waals surface area contributed by atoms with Crippen LogP contribution in [0.2, 0.25) is 0 Å². The summed E-state index contributed by atoms with van der Waals surface area (Å²) in [5.41, 5.74) is 4.25. The van der Waals surface area contributed by atoms with Crippen molar-refractivity contribution in [3.8, 4) is 16.9 Å². The van der Waals surface area contributed by atoms with Crippen LogP contribution in [0.4, 0.5) is 0 Å². The van der Waals surface area contributed by atoms with E-state index >= 15 is 0 Å². The quantitative estimate of drug-likeness (QED) is 0.661. The van der Waals surface area contributed by atoms with Crippen LogP contribution in [0.3, 0.4) is 0 Å². The fourth-order valence-corrected chi connectivity index (χ4v) is 2.89. The van der Waals surface area contributed by atoms with Crippen molar-refractivity contribution in [3.63, 3.8) is 0 Å². The Bertz CT molecular complexity index is 774. The number of benzene rings is 2. The largest absolute Gasteiger partial charge is 0.298 e. The Morgan fingerprint density at radius 3 is 2.57 bits per heavy atom. The van der Waals surface area contributed by atoms with Gasteiger partial charge in [-0.1, -0.05) is 34.1 Å². The molecule has 0 amide bonds. The van der Waals surface area contributed by atoms with E-state index in [-0.39, 0.29) is 0 Å². The zero-order valence-electron chi connectivity index (χ0n) is 11.5. The second-order valence-electron chi connectivity index (χ2n) is 4.85. The Labute approximate surface area is 131 Å². The molecule has 104 valence electrons. The monoisotopic (exact) mass is 340 g/mol. The average Bonchev–Trinajstić information content (AvgIpc) is 2.91. The Morgan fingerprint density at radius 1 is 1.14 bits per heavy atom. The first-order valence-corrected chi connectivity index (χ1v) is 7.34. The third kappa shape index (κ3) is 2.81. The molecule has 0 radical (unpaired) electrons. The molecule has 0 saturated carbocycles. The second-order valence-corrected chi connectivity index (χ2v) is 5.76. The number of aryl methyl sites for hydroxylation is 1. The van der Waals surface area contributed by atoms with Gasteiger partial charge in [0.15, 0.2) is 6.29 Å². The topological polar surface area (TPSA) is 34.9 Å². The number of hydrogen-bond acceptors (Lipinski definition) is 2. The molecule has 0 aliphatic heterocycles. The summed E-state index contributed by atoms with van der Waals surface area (Å²) in [6.45, 7) is 2.02. The molecule has 1 aromatic heterocycles. The number of halogens is 1. The van der Waals surface area contributed by atoms with E-state index in [4.69, 9.17) is 0 Å². The Balaban J connectivity index is 2.14. The summed E-state index contributed by atoms with van der Waals surface area (Å²) >= 11 is 3.49. The van der Waals surface area contributed by atoms with Crippen molar-refractivity contribution in [1.82, 2.24) is 9.78 Å². The van der Waals surface area contributed by atoms with E-state index in [0.29, 0.717) is 11.3 Å². The average molecular weight is 341 g/mol. The Kier molecular flexibility index (Phi) is 3.71. The SMILES string of the molecule is Cc1cc(Br)cc(-c2nn(-c3ccccc3)cc2C=O)c1. The summed E-state index contributed by atoms with van der Waals surface area (Å²) in [5.74, 6) is 0. The van der Waals surface area contributed by atoms with Gasteiger partial charge in [0.25, 0.3) is 0 Å². The van der Waals surface area contributed by atoms with Crippen molar-refractivity contribution in [2.75, 3.05) is 0 Å². The molecule has 0 spiro atoms. The second kappa shape index (κ2) is 5.66. The molecule has 0 bridgehead atoms. The van der Waals surface area contributed by atoms with Crippen LogP contribution in [0.1, 0.15) is 15.9 Å². The number of hydrogen-bond donors (Lipinski definition) is 0. The molecule has 3 nitrogen and oxygen atoms in total. The van der Waals surface area contributed by atoms with E-state index in [0.717, 1.165) is 27.6 Å². The number of carbonyl (C=O) groups is 1. The van der Waals surface area contributed by atoms with Gasteiger partial charge in [0, 0.05) is 16.2 Å². The molecule has 0 aliphatic carbocycles. The van der Waals surface area contributed by atoms with Crippen LogP contribution in [-0.4, -0.2) is 16.1 Å². The minimum atomic E-state index is 0.580. The molecule has 0 fully saturated rings. The molecular weight excluding hydrogens is 328 g/mol. The fourth-order valence-electron chi connectivity index (χ4n) is 2.28. The molecule has 0 saturated heterocycles.